The van der Waals surface area contributed by atoms with Gasteiger partial charge in [0.1, 0.15) is 5.69 Å². The number of amides is 1. The summed E-state index contributed by atoms with van der Waals surface area (Å²) in [6, 6.07) is 15.2. The second-order valence-electron chi connectivity index (χ2n) is 7.06. The van der Waals surface area contributed by atoms with Crippen LogP contribution in [-0.4, -0.2) is 24.0 Å². The first kappa shape index (κ1) is 17.8. The lowest BCUT2D eigenvalue weighted by Gasteiger charge is -2.30. The Kier molecular flexibility index (Phi) is 4.99. The minimum atomic E-state index is -0.210. The maximum atomic E-state index is 12.8. The Labute approximate surface area is 164 Å². The molecule has 1 aliphatic heterocycles. The van der Waals surface area contributed by atoms with Crippen molar-refractivity contribution in [2.24, 2.45) is 0 Å². The predicted octanol–water partition coefficient (Wildman–Crippen LogP) is 5.44. The van der Waals surface area contributed by atoms with Crippen molar-refractivity contribution in [2.45, 2.75) is 26.2 Å². The number of carbonyl (C=O) groups is 1. The fourth-order valence-electron chi connectivity index (χ4n) is 3.56. The fraction of sp³-hybridized carbons (Fsp3) is 0.273. The van der Waals surface area contributed by atoms with Crippen molar-refractivity contribution in [3.05, 3.63) is 64.8 Å². The maximum absolute atomic E-state index is 12.8. The lowest BCUT2D eigenvalue weighted by molar-refractivity contribution is 0.102. The van der Waals surface area contributed by atoms with E-state index in [1.807, 2.05) is 18.2 Å². The number of pyridine rings is 1. The number of carbonyl (C=O) groups excluding carboxylic acids is 1. The van der Waals surface area contributed by atoms with Crippen LogP contribution in [0.1, 0.15) is 35.3 Å². The molecule has 4 nitrogen and oxygen atoms in total. The van der Waals surface area contributed by atoms with Crippen LogP contribution in [-0.2, 0) is 0 Å². The van der Waals surface area contributed by atoms with Crippen LogP contribution in [0.2, 0.25) is 5.02 Å². The van der Waals surface area contributed by atoms with Gasteiger partial charge in [0.05, 0.1) is 5.52 Å². The molecule has 0 unspecified atom stereocenters. The molecule has 138 valence electrons. The standard InChI is InChI=1S/C22H22ClN3O/c1-15-5-10-19-18(13-15)21(26-11-3-2-4-12-26)14-20(25-19)22(27)24-17-8-6-16(23)7-9-17/h5-10,13-14H,2-4,11-12H2,1H3,(H,24,27). The molecule has 0 atom stereocenters. The molecule has 27 heavy (non-hydrogen) atoms. The van der Waals surface area contributed by atoms with Gasteiger partial charge in [0.15, 0.2) is 0 Å². The topological polar surface area (TPSA) is 45.2 Å². The van der Waals surface area contributed by atoms with Gasteiger partial charge in [0.2, 0.25) is 0 Å². The van der Waals surface area contributed by atoms with E-state index >= 15 is 0 Å². The van der Waals surface area contributed by atoms with Crippen LogP contribution in [0.25, 0.3) is 10.9 Å². The second kappa shape index (κ2) is 7.57. The van der Waals surface area contributed by atoms with Gasteiger partial charge in [-0.05, 0) is 68.7 Å². The molecule has 0 bridgehead atoms. The number of benzene rings is 2. The Morgan fingerprint density at radius 1 is 1.04 bits per heavy atom. The molecule has 1 aromatic heterocycles. The van der Waals surface area contributed by atoms with E-state index in [1.165, 1.54) is 24.8 Å². The van der Waals surface area contributed by atoms with E-state index < -0.39 is 0 Å². The molecule has 0 spiro atoms. The van der Waals surface area contributed by atoms with Gasteiger partial charge in [0, 0.05) is 34.9 Å². The van der Waals surface area contributed by atoms with Gasteiger partial charge in [0.25, 0.3) is 5.91 Å². The van der Waals surface area contributed by atoms with Crippen LogP contribution in [0, 0.1) is 6.92 Å². The third-order valence-electron chi connectivity index (χ3n) is 4.97. The van der Waals surface area contributed by atoms with E-state index in [-0.39, 0.29) is 5.91 Å². The van der Waals surface area contributed by atoms with E-state index in [4.69, 9.17) is 11.6 Å². The highest BCUT2D eigenvalue weighted by molar-refractivity contribution is 6.30. The highest BCUT2D eigenvalue weighted by atomic mass is 35.5. The summed E-state index contributed by atoms with van der Waals surface area (Å²) in [6.45, 7) is 4.12. The van der Waals surface area contributed by atoms with Gasteiger partial charge >= 0.3 is 0 Å². The van der Waals surface area contributed by atoms with Gasteiger partial charge < -0.3 is 10.2 Å². The predicted molar refractivity (Wildman–Crippen MR) is 112 cm³/mol. The number of hydrogen-bond donors (Lipinski definition) is 1. The summed E-state index contributed by atoms with van der Waals surface area (Å²) in [5.74, 6) is -0.210. The number of rotatable bonds is 3. The summed E-state index contributed by atoms with van der Waals surface area (Å²) < 4.78 is 0. The monoisotopic (exact) mass is 379 g/mol. The van der Waals surface area contributed by atoms with Crippen LogP contribution in [0.5, 0.6) is 0 Å². The first-order chi connectivity index (χ1) is 13.1. The van der Waals surface area contributed by atoms with E-state index in [0.29, 0.717) is 16.4 Å². The quantitative estimate of drug-likeness (QED) is 0.659. The van der Waals surface area contributed by atoms with Crippen molar-refractivity contribution in [3.8, 4) is 0 Å². The lowest BCUT2D eigenvalue weighted by atomic mass is 10.1. The zero-order valence-electron chi connectivity index (χ0n) is 15.3. The van der Waals surface area contributed by atoms with Gasteiger partial charge in [-0.15, -0.1) is 0 Å². The van der Waals surface area contributed by atoms with Crippen LogP contribution in [0.4, 0.5) is 11.4 Å². The average Bonchev–Trinajstić information content (AvgIpc) is 2.69. The van der Waals surface area contributed by atoms with Crippen LogP contribution < -0.4 is 10.2 Å². The molecule has 2 heterocycles. The van der Waals surface area contributed by atoms with E-state index in [9.17, 15) is 4.79 Å². The zero-order chi connectivity index (χ0) is 18.8. The van der Waals surface area contributed by atoms with Crippen molar-refractivity contribution in [3.63, 3.8) is 0 Å². The first-order valence-electron chi connectivity index (χ1n) is 9.33. The molecule has 1 amide bonds. The normalized spacial score (nSPS) is 14.4. The van der Waals surface area contributed by atoms with Gasteiger partial charge in [-0.25, -0.2) is 4.98 Å². The molecule has 0 saturated carbocycles. The van der Waals surface area contributed by atoms with E-state index in [1.54, 1.807) is 24.3 Å². The Morgan fingerprint density at radius 3 is 2.52 bits per heavy atom. The summed E-state index contributed by atoms with van der Waals surface area (Å²) in [6.07, 6.45) is 3.63. The molecule has 4 rings (SSSR count). The molecule has 1 aliphatic rings. The summed E-state index contributed by atoms with van der Waals surface area (Å²) in [7, 11) is 0. The van der Waals surface area contributed by atoms with Gasteiger partial charge in [-0.1, -0.05) is 23.2 Å². The molecule has 0 aliphatic carbocycles. The number of fused-ring (bicyclic) bond motifs is 1. The fourth-order valence-corrected chi connectivity index (χ4v) is 3.69. The molecule has 5 heteroatoms. The molecule has 1 saturated heterocycles. The van der Waals surface area contributed by atoms with Crippen molar-refractivity contribution in [2.75, 3.05) is 23.3 Å². The number of aryl methyl sites for hydroxylation is 1. The number of aromatic nitrogens is 1. The second-order valence-corrected chi connectivity index (χ2v) is 7.49. The Morgan fingerprint density at radius 2 is 1.78 bits per heavy atom. The van der Waals surface area contributed by atoms with Crippen molar-refractivity contribution < 1.29 is 4.79 Å². The van der Waals surface area contributed by atoms with Crippen LogP contribution in [0.15, 0.2) is 48.5 Å². The molecule has 0 radical (unpaired) electrons. The number of halogens is 1. The molecular weight excluding hydrogens is 358 g/mol. The molecule has 1 N–H and O–H groups in total. The molecule has 1 fully saturated rings. The maximum Gasteiger partial charge on any atom is 0.274 e. The Balaban J connectivity index is 1.73. The number of hydrogen-bond acceptors (Lipinski definition) is 3. The SMILES string of the molecule is Cc1ccc2nc(C(=O)Nc3ccc(Cl)cc3)cc(N3CCCCC3)c2c1. The van der Waals surface area contributed by atoms with Crippen molar-refractivity contribution >= 4 is 39.8 Å². The highest BCUT2D eigenvalue weighted by Gasteiger charge is 2.18. The minimum absolute atomic E-state index is 0.210. The Bertz CT molecular complexity index is 979. The number of nitrogens with one attached hydrogen (secondary N) is 1. The highest BCUT2D eigenvalue weighted by Crippen LogP contribution is 2.30. The summed E-state index contributed by atoms with van der Waals surface area (Å²) in [4.78, 5) is 19.8. The lowest BCUT2D eigenvalue weighted by Crippen LogP contribution is -2.30. The molecular formula is C22H22ClN3O. The van der Waals surface area contributed by atoms with Crippen molar-refractivity contribution in [1.82, 2.24) is 4.98 Å². The van der Waals surface area contributed by atoms with E-state index in [2.05, 4.69) is 28.2 Å². The largest absolute Gasteiger partial charge is 0.371 e. The summed E-state index contributed by atoms with van der Waals surface area (Å²) >= 11 is 5.92. The third-order valence-corrected chi connectivity index (χ3v) is 5.23. The van der Waals surface area contributed by atoms with Crippen molar-refractivity contribution in [1.29, 1.82) is 0 Å². The van der Waals surface area contributed by atoms with Gasteiger partial charge in [-0.2, -0.15) is 0 Å². The number of anilines is 2. The molecule has 3 aromatic rings. The average molecular weight is 380 g/mol. The zero-order valence-corrected chi connectivity index (χ0v) is 16.1. The van der Waals surface area contributed by atoms with E-state index in [0.717, 1.165) is 29.7 Å². The Hall–Kier alpha value is -2.59. The third kappa shape index (κ3) is 3.91. The summed E-state index contributed by atoms with van der Waals surface area (Å²) in [5.41, 5.74) is 4.28. The van der Waals surface area contributed by atoms with Crippen LogP contribution >= 0.6 is 11.6 Å². The summed E-state index contributed by atoms with van der Waals surface area (Å²) in [5, 5.41) is 4.66. The molecule has 2 aromatic carbocycles. The smallest absolute Gasteiger partial charge is 0.274 e. The van der Waals surface area contributed by atoms with Gasteiger partial charge in [-0.3, -0.25) is 4.79 Å². The van der Waals surface area contributed by atoms with Crippen LogP contribution in [0.3, 0.4) is 0 Å². The number of piperidine rings is 1. The minimum Gasteiger partial charge on any atom is -0.371 e. The first-order valence-corrected chi connectivity index (χ1v) is 9.71. The number of nitrogens with zero attached hydrogens (tertiary/aromatic N) is 2.